The molecule has 1 saturated heterocycles. The van der Waals surface area contributed by atoms with Gasteiger partial charge in [-0.3, -0.25) is 4.79 Å². The van der Waals surface area contributed by atoms with E-state index in [1.807, 2.05) is 38.2 Å². The standard InChI is InChI=1S/C36H37N5O3S/c1-25-6-13-31(14-7-25)45(43,44)41-24-34(28-10-15-32-27(21-28)5-4-16-39(3)36(32)42)33-22-29(23-37-35(33)41)26-8-11-30(12-9-26)40-19-17-38(2)18-20-40/h6-15,21-24H,4-5,16-20H2,1-3H3. The van der Waals surface area contributed by atoms with E-state index in [0.29, 0.717) is 17.8 Å². The number of anilines is 1. The van der Waals surface area contributed by atoms with E-state index >= 15 is 0 Å². The highest BCUT2D eigenvalue weighted by molar-refractivity contribution is 7.90. The van der Waals surface area contributed by atoms with E-state index in [-0.39, 0.29) is 10.8 Å². The lowest BCUT2D eigenvalue weighted by atomic mass is 9.96. The van der Waals surface area contributed by atoms with Crippen molar-refractivity contribution in [2.24, 2.45) is 0 Å². The Kier molecular flexibility index (Phi) is 7.46. The summed E-state index contributed by atoms with van der Waals surface area (Å²) in [6.45, 7) is 6.72. The number of hydrogen-bond donors (Lipinski definition) is 0. The highest BCUT2D eigenvalue weighted by Crippen LogP contribution is 2.36. The maximum Gasteiger partial charge on any atom is 0.269 e. The van der Waals surface area contributed by atoms with E-state index in [1.165, 1.54) is 9.66 Å². The molecule has 0 aliphatic carbocycles. The number of benzene rings is 3. The van der Waals surface area contributed by atoms with E-state index in [0.717, 1.165) is 77.8 Å². The first-order chi connectivity index (χ1) is 21.7. The number of amides is 1. The van der Waals surface area contributed by atoms with Gasteiger partial charge >= 0.3 is 0 Å². The first-order valence-corrected chi connectivity index (χ1v) is 16.9. The van der Waals surface area contributed by atoms with Gasteiger partial charge in [-0.2, -0.15) is 0 Å². The maximum atomic E-state index is 14.0. The highest BCUT2D eigenvalue weighted by Gasteiger charge is 2.25. The van der Waals surface area contributed by atoms with Crippen molar-refractivity contribution >= 4 is 32.7 Å². The molecule has 9 heteroatoms. The Labute approximate surface area is 264 Å². The maximum absolute atomic E-state index is 14.0. The van der Waals surface area contributed by atoms with Crippen molar-refractivity contribution in [1.82, 2.24) is 18.8 Å². The fourth-order valence-corrected chi connectivity index (χ4v) is 7.72. The molecule has 2 aliphatic heterocycles. The molecular weight excluding hydrogens is 582 g/mol. The van der Waals surface area contributed by atoms with E-state index in [9.17, 15) is 13.2 Å². The Balaban J connectivity index is 1.34. The Morgan fingerprint density at radius 1 is 0.756 bits per heavy atom. The van der Waals surface area contributed by atoms with E-state index < -0.39 is 10.0 Å². The van der Waals surface area contributed by atoms with Gasteiger partial charge in [0.05, 0.1) is 4.90 Å². The Morgan fingerprint density at radius 2 is 1.47 bits per heavy atom. The molecule has 4 heterocycles. The van der Waals surface area contributed by atoms with Crippen molar-refractivity contribution in [3.63, 3.8) is 0 Å². The number of nitrogens with zero attached hydrogens (tertiary/aromatic N) is 5. The zero-order chi connectivity index (χ0) is 31.3. The van der Waals surface area contributed by atoms with Gasteiger partial charge in [0.2, 0.25) is 0 Å². The van der Waals surface area contributed by atoms with Gasteiger partial charge in [0.15, 0.2) is 5.65 Å². The minimum absolute atomic E-state index is 0.0161. The number of hydrogen-bond acceptors (Lipinski definition) is 6. The second kappa shape index (κ2) is 11.5. The largest absolute Gasteiger partial charge is 0.369 e. The molecule has 0 N–H and O–H groups in total. The Bertz CT molecular complexity index is 2010. The Hall–Kier alpha value is -4.47. The van der Waals surface area contributed by atoms with Crippen molar-refractivity contribution in [3.05, 3.63) is 102 Å². The van der Waals surface area contributed by atoms with Crippen LogP contribution in [-0.4, -0.2) is 79.9 Å². The second-order valence-corrected chi connectivity index (χ2v) is 14.1. The summed E-state index contributed by atoms with van der Waals surface area (Å²) in [4.78, 5) is 24.5. The van der Waals surface area contributed by atoms with Crippen molar-refractivity contribution in [3.8, 4) is 22.3 Å². The lowest BCUT2D eigenvalue weighted by molar-refractivity contribution is 0.0800. The molecule has 1 amide bonds. The molecule has 45 heavy (non-hydrogen) atoms. The number of aromatic nitrogens is 2. The third kappa shape index (κ3) is 5.40. The van der Waals surface area contributed by atoms with Crippen LogP contribution in [0.4, 0.5) is 5.69 Å². The number of fused-ring (bicyclic) bond motifs is 2. The summed E-state index contributed by atoms with van der Waals surface area (Å²) in [6.07, 6.45) is 5.09. The first-order valence-electron chi connectivity index (χ1n) is 15.4. The quantitative estimate of drug-likeness (QED) is 0.252. The summed E-state index contributed by atoms with van der Waals surface area (Å²) in [6, 6.07) is 23.3. The third-order valence-electron chi connectivity index (χ3n) is 9.19. The highest BCUT2D eigenvalue weighted by atomic mass is 32.2. The molecule has 230 valence electrons. The zero-order valence-corrected chi connectivity index (χ0v) is 26.7. The molecule has 0 spiro atoms. The van der Waals surface area contributed by atoms with Gasteiger partial charge in [0.25, 0.3) is 15.9 Å². The summed E-state index contributed by atoms with van der Waals surface area (Å²) in [5.74, 6) is 0.0161. The minimum Gasteiger partial charge on any atom is -0.369 e. The molecule has 3 aromatic carbocycles. The van der Waals surface area contributed by atoms with Crippen LogP contribution in [-0.2, 0) is 16.4 Å². The fraction of sp³-hybridized carbons (Fsp3) is 0.278. The number of likely N-dealkylation sites (N-methyl/N-ethyl adjacent to an activating group) is 1. The average Bonchev–Trinajstić information content (AvgIpc) is 3.38. The van der Waals surface area contributed by atoms with Crippen LogP contribution in [0.2, 0.25) is 0 Å². The molecule has 0 saturated carbocycles. The number of aryl methyl sites for hydroxylation is 2. The molecular formula is C36H37N5O3S. The van der Waals surface area contributed by atoms with Crippen LogP contribution >= 0.6 is 0 Å². The summed E-state index contributed by atoms with van der Waals surface area (Å²) in [5, 5.41) is 0.739. The normalized spacial score (nSPS) is 16.2. The van der Waals surface area contributed by atoms with Crippen LogP contribution in [0.25, 0.3) is 33.3 Å². The lowest BCUT2D eigenvalue weighted by Gasteiger charge is -2.34. The molecule has 7 rings (SSSR count). The van der Waals surface area contributed by atoms with Gasteiger partial charge in [-0.15, -0.1) is 0 Å². The number of rotatable bonds is 5. The number of piperazine rings is 1. The van der Waals surface area contributed by atoms with Crippen LogP contribution in [0.15, 0.2) is 90.1 Å². The first kappa shape index (κ1) is 29.3. The molecule has 0 atom stereocenters. The predicted octanol–water partition coefficient (Wildman–Crippen LogP) is 5.69. The van der Waals surface area contributed by atoms with Crippen LogP contribution in [0.3, 0.4) is 0 Å². The van der Waals surface area contributed by atoms with Crippen molar-refractivity contribution in [1.29, 1.82) is 0 Å². The van der Waals surface area contributed by atoms with E-state index in [2.05, 4.69) is 41.1 Å². The SMILES string of the molecule is Cc1ccc(S(=O)(=O)n2cc(-c3ccc4c(c3)CCCN(C)C4=O)c3cc(-c4ccc(N5CCN(C)CC5)cc4)cnc32)cc1. The summed E-state index contributed by atoms with van der Waals surface area (Å²) < 4.78 is 29.3. The molecule has 8 nitrogen and oxygen atoms in total. The molecule has 0 radical (unpaired) electrons. The van der Waals surface area contributed by atoms with Gasteiger partial charge in [-0.1, -0.05) is 42.0 Å². The van der Waals surface area contributed by atoms with Crippen LogP contribution in [0.1, 0.15) is 27.9 Å². The minimum atomic E-state index is -3.92. The molecule has 1 fully saturated rings. The fourth-order valence-electron chi connectivity index (χ4n) is 6.39. The van der Waals surface area contributed by atoms with Crippen molar-refractivity contribution < 1.29 is 13.2 Å². The molecule has 5 aromatic rings. The molecule has 2 aliphatic rings. The third-order valence-corrected chi connectivity index (χ3v) is 10.9. The van der Waals surface area contributed by atoms with Crippen LogP contribution in [0, 0.1) is 6.92 Å². The van der Waals surface area contributed by atoms with Gasteiger partial charge in [-0.25, -0.2) is 17.4 Å². The van der Waals surface area contributed by atoms with E-state index in [4.69, 9.17) is 4.98 Å². The van der Waals surface area contributed by atoms with Gasteiger partial charge in [0.1, 0.15) is 0 Å². The summed E-state index contributed by atoms with van der Waals surface area (Å²) >= 11 is 0. The lowest BCUT2D eigenvalue weighted by Crippen LogP contribution is -2.44. The van der Waals surface area contributed by atoms with Crippen LogP contribution in [0.5, 0.6) is 0 Å². The number of carbonyl (C=O) groups excluding carboxylic acids is 1. The monoisotopic (exact) mass is 619 g/mol. The average molecular weight is 620 g/mol. The molecule has 0 unspecified atom stereocenters. The number of carbonyl (C=O) groups is 1. The Morgan fingerprint density at radius 3 is 2.20 bits per heavy atom. The van der Waals surface area contributed by atoms with Gasteiger partial charge in [0, 0.05) is 79.9 Å². The molecule has 0 bridgehead atoms. The summed E-state index contributed by atoms with van der Waals surface area (Å²) in [7, 11) is 0.0629. The van der Waals surface area contributed by atoms with Crippen LogP contribution < -0.4 is 4.90 Å². The second-order valence-electron chi connectivity index (χ2n) is 12.3. The van der Waals surface area contributed by atoms with Gasteiger partial charge < -0.3 is 14.7 Å². The number of pyridine rings is 1. The van der Waals surface area contributed by atoms with Crippen molar-refractivity contribution in [2.75, 3.05) is 51.7 Å². The molecule has 2 aromatic heterocycles. The van der Waals surface area contributed by atoms with Crippen molar-refractivity contribution in [2.45, 2.75) is 24.7 Å². The predicted molar refractivity (Wildman–Crippen MR) is 179 cm³/mol. The summed E-state index contributed by atoms with van der Waals surface area (Å²) in [5.41, 5.74) is 7.77. The topological polar surface area (TPSA) is 78.8 Å². The van der Waals surface area contributed by atoms with E-state index in [1.54, 1.807) is 41.6 Å². The zero-order valence-electron chi connectivity index (χ0n) is 25.9. The smallest absolute Gasteiger partial charge is 0.269 e. The van der Waals surface area contributed by atoms with Gasteiger partial charge in [-0.05, 0) is 79.9 Å².